The van der Waals surface area contributed by atoms with Crippen LogP contribution in [0.15, 0.2) is 18.2 Å². The smallest absolute Gasteiger partial charge is 0.336 e. The molecule has 0 amide bonds. The maximum absolute atomic E-state index is 12.9. The second-order valence-electron chi connectivity index (χ2n) is 8.01. The fourth-order valence-corrected chi connectivity index (χ4v) is 3.66. The Morgan fingerprint density at radius 2 is 1.72 bits per heavy atom. The van der Waals surface area contributed by atoms with Crippen molar-refractivity contribution in [1.82, 2.24) is 14.8 Å². The predicted molar refractivity (Wildman–Crippen MR) is 121 cm³/mol. The molecule has 1 aromatic heterocycles. The molecule has 0 saturated carbocycles. The highest BCUT2D eigenvalue weighted by atomic mass is 16.7. The third-order valence-electron chi connectivity index (χ3n) is 5.47. The van der Waals surface area contributed by atoms with Gasteiger partial charge in [-0.05, 0) is 24.6 Å². The maximum Gasteiger partial charge on any atom is 0.336 e. The third kappa shape index (κ3) is 6.95. The monoisotopic (exact) mass is 445 g/mol. The van der Waals surface area contributed by atoms with Gasteiger partial charge in [-0.3, -0.25) is 4.79 Å². The summed E-state index contributed by atoms with van der Waals surface area (Å²) in [5.74, 6) is 1.66. The Morgan fingerprint density at radius 3 is 2.47 bits per heavy atom. The third-order valence-corrected chi connectivity index (χ3v) is 5.47. The lowest BCUT2D eigenvalue weighted by Crippen LogP contribution is -2.14. The maximum atomic E-state index is 12.9. The molecule has 1 aliphatic rings. The summed E-state index contributed by atoms with van der Waals surface area (Å²) in [6.45, 7) is 3.15. The number of ether oxygens (including phenoxy) is 4. The molecular weight excluding hydrogens is 410 g/mol. The minimum Gasteiger partial charge on any atom is -0.460 e. The number of methoxy groups -OCH3 is 1. The first-order valence-electron chi connectivity index (χ1n) is 11.7. The predicted octanol–water partition coefficient (Wildman–Crippen LogP) is 5.26. The molecule has 3 rings (SSSR count). The van der Waals surface area contributed by atoms with Crippen LogP contribution in [-0.2, 0) is 4.74 Å². The highest BCUT2D eigenvalue weighted by molar-refractivity contribution is 5.82. The molecule has 0 radical (unpaired) electrons. The van der Waals surface area contributed by atoms with Gasteiger partial charge in [-0.15, -0.1) is 5.10 Å². The van der Waals surface area contributed by atoms with Crippen LogP contribution >= 0.6 is 0 Å². The van der Waals surface area contributed by atoms with Crippen molar-refractivity contribution in [3.63, 3.8) is 0 Å². The summed E-state index contributed by atoms with van der Waals surface area (Å²) in [5, 5.41) is 4.31. The lowest BCUT2D eigenvalue weighted by atomic mass is 10.1. The molecule has 8 nitrogen and oxygen atoms in total. The van der Waals surface area contributed by atoms with E-state index in [9.17, 15) is 4.79 Å². The summed E-state index contributed by atoms with van der Waals surface area (Å²) in [4.78, 5) is 17.4. The Hall–Kier alpha value is -2.61. The van der Waals surface area contributed by atoms with Crippen molar-refractivity contribution in [3.8, 4) is 28.9 Å². The van der Waals surface area contributed by atoms with E-state index >= 15 is 0 Å². The zero-order chi connectivity index (χ0) is 22.6. The van der Waals surface area contributed by atoms with E-state index in [0.717, 1.165) is 24.8 Å². The second kappa shape index (κ2) is 13.1. The summed E-state index contributed by atoms with van der Waals surface area (Å²) in [6, 6.07) is 5.63. The molecule has 1 aliphatic heterocycles. The lowest BCUT2D eigenvalue weighted by molar-refractivity contribution is 0.0881. The molecule has 0 spiro atoms. The average molecular weight is 446 g/mol. The first-order valence-corrected chi connectivity index (χ1v) is 11.7. The first-order chi connectivity index (χ1) is 15.7. The molecule has 2 heterocycles. The van der Waals surface area contributed by atoms with Gasteiger partial charge in [0.1, 0.15) is 6.61 Å². The van der Waals surface area contributed by atoms with E-state index in [-0.39, 0.29) is 18.7 Å². The van der Waals surface area contributed by atoms with E-state index in [1.54, 1.807) is 7.11 Å². The molecule has 0 aliphatic carbocycles. The zero-order valence-electron chi connectivity index (χ0n) is 19.3. The number of carbonyl (C=O) groups is 1. The minimum absolute atomic E-state index is 0.0882. The van der Waals surface area contributed by atoms with Crippen LogP contribution in [0.1, 0.15) is 75.9 Å². The highest BCUT2D eigenvalue weighted by Crippen LogP contribution is 2.35. The van der Waals surface area contributed by atoms with Gasteiger partial charge in [-0.2, -0.15) is 9.67 Å². The van der Waals surface area contributed by atoms with Gasteiger partial charge in [0.2, 0.25) is 12.7 Å². The fourth-order valence-electron chi connectivity index (χ4n) is 3.66. The average Bonchev–Trinajstić information content (AvgIpc) is 3.44. The molecule has 0 atom stereocenters. The number of fused-ring (bicyclic) bond motifs is 1. The van der Waals surface area contributed by atoms with Gasteiger partial charge >= 0.3 is 6.01 Å². The molecule has 0 unspecified atom stereocenters. The number of aromatic nitrogens is 3. The Labute approximate surface area is 190 Å². The molecular formula is C24H35N3O5. The second-order valence-corrected chi connectivity index (χ2v) is 8.01. The zero-order valence-corrected chi connectivity index (χ0v) is 19.3. The molecule has 2 aromatic rings. The quantitative estimate of drug-likeness (QED) is 0.346. The van der Waals surface area contributed by atoms with E-state index in [1.165, 1.54) is 43.2 Å². The SMILES string of the molecule is CCCCCCCCCCCC(=O)n1nc(OCCOC)nc1-c1ccc2c(c1)OCO2. The van der Waals surface area contributed by atoms with Crippen LogP contribution in [0.3, 0.4) is 0 Å². The standard InChI is InChI=1S/C24H35N3O5/c1-3-4-5-6-7-8-9-10-11-12-22(28)27-23(25-24(26-27)30-16-15-29-2)19-13-14-20-21(17-19)32-18-31-20/h13-14,17H,3-12,15-16,18H2,1-2H3. The van der Waals surface area contributed by atoms with Crippen molar-refractivity contribution in [2.24, 2.45) is 0 Å². The van der Waals surface area contributed by atoms with Crippen LogP contribution in [0.4, 0.5) is 0 Å². The highest BCUT2D eigenvalue weighted by Gasteiger charge is 2.21. The van der Waals surface area contributed by atoms with E-state index < -0.39 is 0 Å². The van der Waals surface area contributed by atoms with Crippen LogP contribution in [0.5, 0.6) is 17.5 Å². The molecule has 0 bridgehead atoms. The van der Waals surface area contributed by atoms with E-state index in [2.05, 4.69) is 17.0 Å². The molecule has 1 aromatic carbocycles. The van der Waals surface area contributed by atoms with Crippen LogP contribution in [-0.4, -0.2) is 47.8 Å². The van der Waals surface area contributed by atoms with Gasteiger partial charge in [0.15, 0.2) is 17.3 Å². The molecule has 0 saturated heterocycles. The van der Waals surface area contributed by atoms with Crippen LogP contribution < -0.4 is 14.2 Å². The van der Waals surface area contributed by atoms with Gasteiger partial charge < -0.3 is 18.9 Å². The van der Waals surface area contributed by atoms with Gasteiger partial charge in [0, 0.05) is 19.1 Å². The Morgan fingerprint density at radius 1 is 1.00 bits per heavy atom. The topological polar surface area (TPSA) is 84.7 Å². The molecule has 0 N–H and O–H groups in total. The Bertz CT molecular complexity index is 852. The number of carbonyl (C=O) groups excluding carboxylic acids is 1. The summed E-state index contributed by atoms with van der Waals surface area (Å²) < 4.78 is 22.8. The number of hydrogen-bond donors (Lipinski definition) is 0. The summed E-state index contributed by atoms with van der Waals surface area (Å²) in [6.07, 6.45) is 11.3. The summed E-state index contributed by atoms with van der Waals surface area (Å²) >= 11 is 0. The Balaban J connectivity index is 1.58. The number of rotatable bonds is 15. The van der Waals surface area contributed by atoms with Crippen molar-refractivity contribution in [2.75, 3.05) is 27.1 Å². The van der Waals surface area contributed by atoms with E-state index in [1.807, 2.05) is 18.2 Å². The largest absolute Gasteiger partial charge is 0.460 e. The lowest BCUT2D eigenvalue weighted by Gasteiger charge is -2.06. The van der Waals surface area contributed by atoms with Crippen molar-refractivity contribution in [3.05, 3.63) is 18.2 Å². The van der Waals surface area contributed by atoms with Crippen molar-refractivity contribution in [2.45, 2.75) is 71.1 Å². The van der Waals surface area contributed by atoms with E-state index in [4.69, 9.17) is 18.9 Å². The van der Waals surface area contributed by atoms with Crippen LogP contribution in [0.2, 0.25) is 0 Å². The minimum atomic E-state index is -0.0882. The van der Waals surface area contributed by atoms with Gasteiger partial charge in [-0.25, -0.2) is 0 Å². The Kier molecular flexibility index (Phi) is 9.81. The number of hydrogen-bond acceptors (Lipinski definition) is 7. The van der Waals surface area contributed by atoms with Gasteiger partial charge in [-0.1, -0.05) is 58.3 Å². The summed E-state index contributed by atoms with van der Waals surface area (Å²) in [7, 11) is 1.60. The van der Waals surface area contributed by atoms with Crippen molar-refractivity contribution >= 4 is 5.91 Å². The molecule has 176 valence electrons. The van der Waals surface area contributed by atoms with Gasteiger partial charge in [0.05, 0.1) is 6.61 Å². The number of benzene rings is 1. The molecule has 0 fully saturated rings. The van der Waals surface area contributed by atoms with Crippen molar-refractivity contribution in [1.29, 1.82) is 0 Å². The fraction of sp³-hybridized carbons (Fsp3) is 0.625. The first kappa shape index (κ1) is 24.0. The van der Waals surface area contributed by atoms with Crippen LogP contribution in [0.25, 0.3) is 11.4 Å². The number of nitrogens with zero attached hydrogens (tertiary/aromatic N) is 3. The summed E-state index contributed by atoms with van der Waals surface area (Å²) in [5.41, 5.74) is 0.726. The molecule has 8 heteroatoms. The normalized spacial score (nSPS) is 12.3. The van der Waals surface area contributed by atoms with E-state index in [0.29, 0.717) is 37.0 Å². The van der Waals surface area contributed by atoms with Crippen molar-refractivity contribution < 1.29 is 23.7 Å². The van der Waals surface area contributed by atoms with Gasteiger partial charge in [0.25, 0.3) is 0 Å². The number of unbranched alkanes of at least 4 members (excludes halogenated alkanes) is 8. The molecule has 32 heavy (non-hydrogen) atoms. The van der Waals surface area contributed by atoms with Crippen LogP contribution in [0, 0.1) is 0 Å².